The molecule has 1 aromatic carbocycles. The Morgan fingerprint density at radius 2 is 2.17 bits per heavy atom. The van der Waals surface area contributed by atoms with Crippen molar-refractivity contribution in [1.29, 1.82) is 0 Å². The average molecular weight is 249 g/mol. The molecule has 3 heteroatoms. The van der Waals surface area contributed by atoms with Crippen molar-refractivity contribution < 1.29 is 9.53 Å². The van der Waals surface area contributed by atoms with Crippen LogP contribution in [0.3, 0.4) is 0 Å². The molecule has 0 saturated heterocycles. The maximum absolute atomic E-state index is 11.7. The normalized spacial score (nSPS) is 12.0. The van der Waals surface area contributed by atoms with Crippen molar-refractivity contribution in [2.45, 2.75) is 33.6 Å². The minimum absolute atomic E-state index is 0.288. The van der Waals surface area contributed by atoms with Crippen LogP contribution < -0.4 is 5.32 Å². The highest BCUT2D eigenvalue weighted by atomic mass is 16.5. The van der Waals surface area contributed by atoms with Gasteiger partial charge in [-0.1, -0.05) is 31.9 Å². The summed E-state index contributed by atoms with van der Waals surface area (Å²) in [4.78, 5) is 11.7. The summed E-state index contributed by atoms with van der Waals surface area (Å²) in [6.45, 7) is 7.24. The second-order valence-electron chi connectivity index (χ2n) is 4.82. The van der Waals surface area contributed by atoms with Gasteiger partial charge in [0.1, 0.15) is 0 Å². The molecule has 0 radical (unpaired) electrons. The molecule has 0 heterocycles. The lowest BCUT2D eigenvalue weighted by Crippen LogP contribution is -2.14. The number of esters is 1. The van der Waals surface area contributed by atoms with Gasteiger partial charge in [-0.25, -0.2) is 4.79 Å². The number of carbonyl (C=O) groups excluding carboxylic acids is 1. The molecule has 0 aromatic heterocycles. The average Bonchev–Trinajstić information content (AvgIpc) is 2.36. The minimum atomic E-state index is -0.288. The molecular formula is C15H23NO2. The van der Waals surface area contributed by atoms with Crippen molar-refractivity contribution >= 4 is 11.7 Å². The molecule has 0 aliphatic heterocycles. The lowest BCUT2D eigenvalue weighted by Gasteiger charge is -2.15. The van der Waals surface area contributed by atoms with Crippen molar-refractivity contribution in [3.05, 3.63) is 29.3 Å². The van der Waals surface area contributed by atoms with Gasteiger partial charge in [0.15, 0.2) is 0 Å². The Kier molecular flexibility index (Phi) is 5.69. The predicted octanol–water partition coefficient (Wildman–Crippen LogP) is 3.63. The highest BCUT2D eigenvalue weighted by Gasteiger charge is 2.12. The number of nitrogens with one attached hydrogen (secondary N) is 1. The van der Waals surface area contributed by atoms with E-state index in [4.69, 9.17) is 4.74 Å². The van der Waals surface area contributed by atoms with E-state index < -0.39 is 0 Å². The largest absolute Gasteiger partial charge is 0.465 e. The Morgan fingerprint density at radius 3 is 2.78 bits per heavy atom. The van der Waals surface area contributed by atoms with E-state index in [-0.39, 0.29) is 5.97 Å². The number of anilines is 1. The predicted molar refractivity (Wildman–Crippen MR) is 75.1 cm³/mol. The SMILES string of the molecule is CCCC(C)CNc1ccc(C)cc1C(=O)OC. The van der Waals surface area contributed by atoms with Gasteiger partial charge in [0.2, 0.25) is 0 Å². The van der Waals surface area contributed by atoms with Crippen molar-refractivity contribution in [3.8, 4) is 0 Å². The van der Waals surface area contributed by atoms with Gasteiger partial charge in [-0.3, -0.25) is 0 Å². The number of benzene rings is 1. The molecule has 0 aliphatic carbocycles. The molecular weight excluding hydrogens is 226 g/mol. The van der Waals surface area contributed by atoms with Crippen LogP contribution >= 0.6 is 0 Å². The third kappa shape index (κ3) is 4.06. The van der Waals surface area contributed by atoms with Crippen molar-refractivity contribution in [1.82, 2.24) is 0 Å². The van der Waals surface area contributed by atoms with Crippen LogP contribution in [0.1, 0.15) is 42.6 Å². The zero-order chi connectivity index (χ0) is 13.5. The van der Waals surface area contributed by atoms with Crippen LogP contribution in [-0.4, -0.2) is 19.6 Å². The summed E-state index contributed by atoms with van der Waals surface area (Å²) in [5.74, 6) is 0.311. The molecule has 1 rings (SSSR count). The lowest BCUT2D eigenvalue weighted by molar-refractivity contribution is 0.0601. The molecule has 3 nitrogen and oxygen atoms in total. The molecule has 100 valence electrons. The summed E-state index contributed by atoms with van der Waals surface area (Å²) < 4.78 is 4.81. The molecule has 0 amide bonds. The monoisotopic (exact) mass is 249 g/mol. The summed E-state index contributed by atoms with van der Waals surface area (Å²) in [5.41, 5.74) is 2.53. The van der Waals surface area contributed by atoms with Crippen LogP contribution in [-0.2, 0) is 4.74 Å². The van der Waals surface area contributed by atoms with Crippen LogP contribution in [0, 0.1) is 12.8 Å². The maximum atomic E-state index is 11.7. The van der Waals surface area contributed by atoms with E-state index in [0.717, 1.165) is 17.8 Å². The Balaban J connectivity index is 2.78. The fourth-order valence-corrected chi connectivity index (χ4v) is 1.97. The third-order valence-electron chi connectivity index (χ3n) is 3.00. The highest BCUT2D eigenvalue weighted by Crippen LogP contribution is 2.19. The number of hydrogen-bond donors (Lipinski definition) is 1. The lowest BCUT2D eigenvalue weighted by atomic mass is 10.1. The molecule has 1 unspecified atom stereocenters. The number of ether oxygens (including phenoxy) is 1. The van der Waals surface area contributed by atoms with Gasteiger partial charge >= 0.3 is 5.97 Å². The quantitative estimate of drug-likeness (QED) is 0.782. The zero-order valence-electron chi connectivity index (χ0n) is 11.7. The molecule has 1 atom stereocenters. The van der Waals surface area contributed by atoms with E-state index in [1.165, 1.54) is 20.0 Å². The summed E-state index contributed by atoms with van der Waals surface area (Å²) in [5, 5.41) is 3.34. The van der Waals surface area contributed by atoms with E-state index in [1.807, 2.05) is 25.1 Å². The van der Waals surface area contributed by atoms with Gasteiger partial charge in [0, 0.05) is 12.2 Å². The first-order valence-electron chi connectivity index (χ1n) is 6.51. The van der Waals surface area contributed by atoms with Crippen LogP contribution in [0.4, 0.5) is 5.69 Å². The van der Waals surface area contributed by atoms with Gasteiger partial charge in [-0.15, -0.1) is 0 Å². The van der Waals surface area contributed by atoms with E-state index in [9.17, 15) is 4.79 Å². The number of rotatable bonds is 6. The van der Waals surface area contributed by atoms with Crippen molar-refractivity contribution in [2.24, 2.45) is 5.92 Å². The molecule has 1 aromatic rings. The third-order valence-corrected chi connectivity index (χ3v) is 3.00. The summed E-state index contributed by atoms with van der Waals surface area (Å²) >= 11 is 0. The van der Waals surface area contributed by atoms with Gasteiger partial charge in [0.25, 0.3) is 0 Å². The molecule has 18 heavy (non-hydrogen) atoms. The van der Waals surface area contributed by atoms with E-state index >= 15 is 0 Å². The van der Waals surface area contributed by atoms with Crippen LogP contribution in [0.15, 0.2) is 18.2 Å². The number of carbonyl (C=O) groups is 1. The first kappa shape index (κ1) is 14.6. The molecule has 0 fully saturated rings. The fourth-order valence-electron chi connectivity index (χ4n) is 1.97. The van der Waals surface area contributed by atoms with E-state index in [1.54, 1.807) is 0 Å². The topological polar surface area (TPSA) is 38.3 Å². The van der Waals surface area contributed by atoms with Gasteiger partial charge in [-0.05, 0) is 31.4 Å². The zero-order valence-corrected chi connectivity index (χ0v) is 11.7. The summed E-state index contributed by atoms with van der Waals surface area (Å²) in [7, 11) is 1.41. The van der Waals surface area contributed by atoms with E-state index in [0.29, 0.717) is 11.5 Å². The molecule has 0 aliphatic rings. The molecule has 0 spiro atoms. The highest BCUT2D eigenvalue weighted by molar-refractivity contribution is 5.95. The Bertz CT molecular complexity index is 401. The second kappa shape index (κ2) is 7.04. The fraction of sp³-hybridized carbons (Fsp3) is 0.533. The minimum Gasteiger partial charge on any atom is -0.465 e. The van der Waals surface area contributed by atoms with Gasteiger partial charge in [-0.2, -0.15) is 0 Å². The smallest absolute Gasteiger partial charge is 0.339 e. The standard InChI is InChI=1S/C15H23NO2/c1-5-6-12(3)10-16-14-8-7-11(2)9-13(14)15(17)18-4/h7-9,12,16H,5-6,10H2,1-4H3. The Morgan fingerprint density at radius 1 is 1.44 bits per heavy atom. The maximum Gasteiger partial charge on any atom is 0.339 e. The summed E-state index contributed by atoms with van der Waals surface area (Å²) in [6, 6.07) is 5.80. The van der Waals surface area contributed by atoms with Gasteiger partial charge < -0.3 is 10.1 Å². The van der Waals surface area contributed by atoms with Crippen LogP contribution in [0.2, 0.25) is 0 Å². The van der Waals surface area contributed by atoms with Crippen LogP contribution in [0.25, 0.3) is 0 Å². The Hall–Kier alpha value is -1.51. The first-order valence-corrected chi connectivity index (χ1v) is 6.51. The van der Waals surface area contributed by atoms with E-state index in [2.05, 4.69) is 19.2 Å². The van der Waals surface area contributed by atoms with Crippen molar-refractivity contribution in [3.63, 3.8) is 0 Å². The van der Waals surface area contributed by atoms with Crippen molar-refractivity contribution in [2.75, 3.05) is 19.0 Å². The summed E-state index contributed by atoms with van der Waals surface area (Å²) in [6.07, 6.45) is 2.37. The molecule has 0 saturated carbocycles. The molecule has 0 bridgehead atoms. The van der Waals surface area contributed by atoms with Crippen LogP contribution in [0.5, 0.6) is 0 Å². The first-order chi connectivity index (χ1) is 8.58. The number of aryl methyl sites for hydroxylation is 1. The molecule has 1 N–H and O–H groups in total. The number of hydrogen-bond acceptors (Lipinski definition) is 3. The number of methoxy groups -OCH3 is 1. The van der Waals surface area contributed by atoms with Gasteiger partial charge in [0.05, 0.1) is 12.7 Å². The Labute approximate surface area is 110 Å². The second-order valence-corrected chi connectivity index (χ2v) is 4.82.